The molecule has 0 bridgehead atoms. The van der Waals surface area contributed by atoms with Crippen LogP contribution in [-0.4, -0.2) is 46.1 Å². The molecule has 1 fully saturated rings. The summed E-state index contributed by atoms with van der Waals surface area (Å²) in [6, 6.07) is 15.6. The minimum atomic E-state index is -0.345. The Kier molecular flexibility index (Phi) is 6.46. The van der Waals surface area contributed by atoms with Gasteiger partial charge in [-0.25, -0.2) is 0 Å². The molecule has 0 spiro atoms. The van der Waals surface area contributed by atoms with Gasteiger partial charge in [-0.15, -0.1) is 10.2 Å². The van der Waals surface area contributed by atoms with Crippen LogP contribution in [0.1, 0.15) is 25.3 Å². The summed E-state index contributed by atoms with van der Waals surface area (Å²) < 4.78 is 7.23. The minimum absolute atomic E-state index is 0.0867. The fraction of sp³-hybridized carbons (Fsp3) is 0.348. The maximum atomic E-state index is 12.8. The van der Waals surface area contributed by atoms with E-state index in [0.717, 1.165) is 49.0 Å². The fourth-order valence-corrected chi connectivity index (χ4v) is 4.37. The summed E-state index contributed by atoms with van der Waals surface area (Å²) in [5.41, 5.74) is 2.93. The molecule has 1 N–H and O–H groups in total. The number of rotatable bonds is 7. The Morgan fingerprint density at radius 3 is 2.39 bits per heavy atom. The van der Waals surface area contributed by atoms with Gasteiger partial charge in [0.25, 0.3) is 0 Å². The highest BCUT2D eigenvalue weighted by molar-refractivity contribution is 8.00. The van der Waals surface area contributed by atoms with E-state index in [4.69, 9.17) is 4.74 Å². The third kappa shape index (κ3) is 4.85. The number of anilines is 2. The van der Waals surface area contributed by atoms with E-state index in [1.165, 1.54) is 17.3 Å². The largest absolute Gasteiger partial charge is 0.497 e. The molecule has 1 aliphatic heterocycles. The van der Waals surface area contributed by atoms with Gasteiger partial charge in [0.2, 0.25) is 11.9 Å². The number of nitrogens with one attached hydrogen (secondary N) is 1. The molecule has 1 aliphatic rings. The van der Waals surface area contributed by atoms with Crippen LogP contribution in [0.3, 0.4) is 0 Å². The highest BCUT2D eigenvalue weighted by atomic mass is 32.2. The highest BCUT2D eigenvalue weighted by Crippen LogP contribution is 2.31. The lowest BCUT2D eigenvalue weighted by Gasteiger charge is -2.19. The first kappa shape index (κ1) is 21.2. The van der Waals surface area contributed by atoms with E-state index in [9.17, 15) is 4.79 Å². The van der Waals surface area contributed by atoms with Crippen molar-refractivity contribution in [2.45, 2.75) is 37.1 Å². The zero-order chi connectivity index (χ0) is 21.8. The van der Waals surface area contributed by atoms with Crippen molar-refractivity contribution in [1.82, 2.24) is 14.8 Å². The number of aromatic nitrogens is 3. The topological polar surface area (TPSA) is 72.3 Å². The maximum absolute atomic E-state index is 12.8. The molecule has 8 heteroatoms. The fourth-order valence-electron chi connectivity index (χ4n) is 3.51. The molecule has 0 saturated carbocycles. The average molecular weight is 438 g/mol. The minimum Gasteiger partial charge on any atom is -0.497 e. The number of carbonyl (C=O) groups excluding carboxylic acids is 1. The lowest BCUT2D eigenvalue weighted by Crippen LogP contribution is -2.24. The molecule has 1 atom stereocenters. The second-order valence-corrected chi connectivity index (χ2v) is 8.93. The Labute approximate surface area is 186 Å². The molecule has 31 heavy (non-hydrogen) atoms. The van der Waals surface area contributed by atoms with Crippen molar-refractivity contribution >= 4 is 29.3 Å². The zero-order valence-electron chi connectivity index (χ0n) is 18.0. The van der Waals surface area contributed by atoms with Crippen LogP contribution in [0.4, 0.5) is 11.6 Å². The number of methoxy groups -OCH3 is 1. The monoisotopic (exact) mass is 437 g/mol. The van der Waals surface area contributed by atoms with Crippen molar-refractivity contribution in [3.63, 3.8) is 0 Å². The lowest BCUT2D eigenvalue weighted by molar-refractivity contribution is -0.115. The van der Waals surface area contributed by atoms with Gasteiger partial charge in [0.1, 0.15) is 5.75 Å². The van der Waals surface area contributed by atoms with Crippen molar-refractivity contribution in [1.29, 1.82) is 0 Å². The Bertz CT molecular complexity index is 1030. The molecule has 1 unspecified atom stereocenters. The van der Waals surface area contributed by atoms with Gasteiger partial charge < -0.3 is 15.0 Å². The summed E-state index contributed by atoms with van der Waals surface area (Å²) in [6.07, 6.45) is 2.31. The van der Waals surface area contributed by atoms with Gasteiger partial charge in [-0.1, -0.05) is 29.5 Å². The maximum Gasteiger partial charge on any atom is 0.237 e. The van der Waals surface area contributed by atoms with E-state index in [2.05, 4.69) is 56.2 Å². The van der Waals surface area contributed by atoms with Crippen molar-refractivity contribution in [3.8, 4) is 11.4 Å². The summed E-state index contributed by atoms with van der Waals surface area (Å²) in [5, 5.41) is 12.3. The van der Waals surface area contributed by atoms with E-state index in [-0.39, 0.29) is 11.2 Å². The van der Waals surface area contributed by atoms with E-state index in [1.807, 2.05) is 31.2 Å². The number of thioether (sulfide) groups is 1. The summed E-state index contributed by atoms with van der Waals surface area (Å²) in [5.74, 6) is 1.50. The van der Waals surface area contributed by atoms with Crippen LogP contribution < -0.4 is 15.0 Å². The lowest BCUT2D eigenvalue weighted by atomic mass is 10.2. The van der Waals surface area contributed by atoms with Gasteiger partial charge in [0.05, 0.1) is 18.0 Å². The molecule has 1 aromatic heterocycles. The molecule has 7 nitrogen and oxygen atoms in total. The summed E-state index contributed by atoms with van der Waals surface area (Å²) in [6.45, 7) is 5.90. The van der Waals surface area contributed by atoms with Crippen LogP contribution in [-0.2, 0) is 4.79 Å². The van der Waals surface area contributed by atoms with Crippen LogP contribution in [0.5, 0.6) is 5.75 Å². The smallest absolute Gasteiger partial charge is 0.237 e. The van der Waals surface area contributed by atoms with Gasteiger partial charge >= 0.3 is 0 Å². The van der Waals surface area contributed by atoms with Crippen LogP contribution in [0.25, 0.3) is 5.69 Å². The molecule has 2 aromatic carbocycles. The predicted octanol–water partition coefficient (Wildman–Crippen LogP) is 4.30. The Morgan fingerprint density at radius 1 is 1.06 bits per heavy atom. The summed E-state index contributed by atoms with van der Waals surface area (Å²) in [7, 11) is 1.62. The third-order valence-electron chi connectivity index (χ3n) is 5.31. The molecule has 2 heterocycles. The van der Waals surface area contributed by atoms with Crippen molar-refractivity contribution in [2.24, 2.45) is 0 Å². The van der Waals surface area contributed by atoms with Crippen LogP contribution in [0, 0.1) is 6.92 Å². The molecule has 1 amide bonds. The van der Waals surface area contributed by atoms with E-state index >= 15 is 0 Å². The van der Waals surface area contributed by atoms with Crippen LogP contribution in [0.2, 0.25) is 0 Å². The van der Waals surface area contributed by atoms with Crippen LogP contribution >= 0.6 is 11.8 Å². The molecule has 1 saturated heterocycles. The number of benzene rings is 2. The molecule has 4 rings (SSSR count). The van der Waals surface area contributed by atoms with Gasteiger partial charge in [-0.2, -0.15) is 0 Å². The van der Waals surface area contributed by atoms with E-state index < -0.39 is 0 Å². The highest BCUT2D eigenvalue weighted by Gasteiger charge is 2.25. The first-order valence-corrected chi connectivity index (χ1v) is 11.3. The van der Waals surface area contributed by atoms with E-state index in [1.54, 1.807) is 7.11 Å². The predicted molar refractivity (Wildman–Crippen MR) is 124 cm³/mol. The third-order valence-corrected chi connectivity index (χ3v) is 6.35. The molecular formula is C23H27N5O2S. The molecule has 162 valence electrons. The summed E-state index contributed by atoms with van der Waals surface area (Å²) in [4.78, 5) is 15.1. The summed E-state index contributed by atoms with van der Waals surface area (Å²) >= 11 is 1.41. The van der Waals surface area contributed by atoms with Gasteiger partial charge in [0.15, 0.2) is 5.16 Å². The average Bonchev–Trinajstić information content (AvgIpc) is 3.45. The number of carbonyl (C=O) groups is 1. The number of nitrogens with zero attached hydrogens (tertiary/aromatic N) is 4. The Balaban J connectivity index is 1.55. The van der Waals surface area contributed by atoms with Crippen molar-refractivity contribution in [3.05, 3.63) is 54.1 Å². The zero-order valence-corrected chi connectivity index (χ0v) is 18.9. The number of hydrogen-bond donors (Lipinski definition) is 1. The number of amides is 1. The molecule has 0 radical (unpaired) electrons. The van der Waals surface area contributed by atoms with Gasteiger partial charge in [-0.05, 0) is 63.1 Å². The van der Waals surface area contributed by atoms with Crippen LogP contribution in [0.15, 0.2) is 53.7 Å². The van der Waals surface area contributed by atoms with Gasteiger partial charge in [0, 0.05) is 18.8 Å². The van der Waals surface area contributed by atoms with E-state index in [0.29, 0.717) is 5.16 Å². The first-order chi connectivity index (χ1) is 15.0. The first-order valence-electron chi connectivity index (χ1n) is 10.4. The molecular weight excluding hydrogens is 410 g/mol. The molecule has 0 aliphatic carbocycles. The van der Waals surface area contributed by atoms with Crippen molar-refractivity contribution in [2.75, 3.05) is 30.4 Å². The SMILES string of the molecule is COc1ccc(NC(=O)C(C)Sc2nnc(N3CCCC3)n2-c2ccc(C)cc2)cc1. The number of aryl methyl sites for hydroxylation is 1. The quantitative estimate of drug-likeness (QED) is 0.556. The second kappa shape index (κ2) is 9.43. The number of ether oxygens (including phenoxy) is 1. The normalized spacial score (nSPS) is 14.5. The molecule has 3 aromatic rings. The standard InChI is InChI=1S/C23H27N5O2S/c1-16-6-10-19(11-7-16)28-22(27-14-4-5-15-27)25-26-23(28)31-17(2)21(29)24-18-8-12-20(30-3)13-9-18/h6-13,17H,4-5,14-15H2,1-3H3,(H,24,29). The second-order valence-electron chi connectivity index (χ2n) is 7.63. The number of hydrogen-bond acceptors (Lipinski definition) is 6. The van der Waals surface area contributed by atoms with Crippen molar-refractivity contribution < 1.29 is 9.53 Å². The van der Waals surface area contributed by atoms with Gasteiger partial charge in [-0.3, -0.25) is 9.36 Å². The Hall–Kier alpha value is -3.00. The Morgan fingerprint density at radius 2 is 1.74 bits per heavy atom.